The van der Waals surface area contributed by atoms with Crippen molar-refractivity contribution in [2.24, 2.45) is 0 Å². The maximum Gasteiger partial charge on any atom is 0.276 e. The molecule has 0 bridgehead atoms. The highest BCUT2D eigenvalue weighted by atomic mass is 32.1. The number of hydrogen-bond acceptors (Lipinski definition) is 4. The van der Waals surface area contributed by atoms with E-state index in [0.717, 1.165) is 25.0 Å². The normalized spacial score (nSPS) is 23.2. The van der Waals surface area contributed by atoms with Crippen LogP contribution in [-0.4, -0.2) is 42.3 Å². The zero-order valence-corrected chi connectivity index (χ0v) is 13.2. The van der Waals surface area contributed by atoms with Gasteiger partial charge in [0.25, 0.3) is 5.91 Å². The molecular formula is C16H18N2O3S. The molecule has 2 saturated heterocycles. The third-order valence-electron chi connectivity index (χ3n) is 3.81. The minimum Gasteiger partial charge on any atom is -0.496 e. The summed E-state index contributed by atoms with van der Waals surface area (Å²) in [4.78, 5) is 14.1. The Morgan fingerprint density at radius 3 is 3.05 bits per heavy atom. The SMILES string of the molecule is COc1ccccc1/C=C1\NC(=S)N(C[C@H]2CCCO2)C1=O. The number of hydrogen-bond donors (Lipinski definition) is 1. The second kappa shape index (κ2) is 6.46. The van der Waals surface area contributed by atoms with Gasteiger partial charge in [-0.25, -0.2) is 0 Å². The summed E-state index contributed by atoms with van der Waals surface area (Å²) in [6.45, 7) is 1.27. The fourth-order valence-corrected chi connectivity index (χ4v) is 2.94. The van der Waals surface area contributed by atoms with Crippen molar-refractivity contribution in [3.05, 3.63) is 35.5 Å². The van der Waals surface area contributed by atoms with E-state index in [-0.39, 0.29) is 12.0 Å². The van der Waals surface area contributed by atoms with Crippen molar-refractivity contribution in [1.82, 2.24) is 10.2 Å². The van der Waals surface area contributed by atoms with E-state index < -0.39 is 0 Å². The van der Waals surface area contributed by atoms with E-state index in [1.54, 1.807) is 18.1 Å². The standard InChI is InChI=1S/C16H18N2O3S/c1-20-14-7-3-2-5-11(14)9-13-15(19)18(16(22)17-13)10-12-6-4-8-21-12/h2-3,5,7,9,12H,4,6,8,10H2,1H3,(H,17,22)/b13-9-/t12-/m1/s1. The van der Waals surface area contributed by atoms with Gasteiger partial charge in [-0.15, -0.1) is 0 Å². The molecule has 1 atom stereocenters. The number of benzene rings is 1. The van der Waals surface area contributed by atoms with Crippen molar-refractivity contribution < 1.29 is 14.3 Å². The van der Waals surface area contributed by atoms with E-state index >= 15 is 0 Å². The van der Waals surface area contributed by atoms with Crippen LogP contribution in [0, 0.1) is 0 Å². The number of carbonyl (C=O) groups excluding carboxylic acids is 1. The molecule has 5 nitrogen and oxygen atoms in total. The molecule has 2 fully saturated rings. The number of amides is 1. The van der Waals surface area contributed by atoms with Crippen molar-refractivity contribution >= 4 is 29.3 Å². The Balaban J connectivity index is 1.79. The molecule has 116 valence electrons. The van der Waals surface area contributed by atoms with Gasteiger partial charge in [-0.3, -0.25) is 9.69 Å². The van der Waals surface area contributed by atoms with E-state index in [9.17, 15) is 4.79 Å². The minimum absolute atomic E-state index is 0.0781. The Morgan fingerprint density at radius 1 is 1.50 bits per heavy atom. The van der Waals surface area contributed by atoms with Crippen LogP contribution in [0.4, 0.5) is 0 Å². The topological polar surface area (TPSA) is 50.8 Å². The predicted octanol–water partition coefficient (Wildman–Crippen LogP) is 1.93. The first-order valence-electron chi connectivity index (χ1n) is 7.28. The number of rotatable bonds is 4. The first kappa shape index (κ1) is 15.0. The van der Waals surface area contributed by atoms with Crippen molar-refractivity contribution in [1.29, 1.82) is 0 Å². The van der Waals surface area contributed by atoms with E-state index in [2.05, 4.69) is 5.32 Å². The molecule has 6 heteroatoms. The minimum atomic E-state index is -0.119. The number of thiocarbonyl (C=S) groups is 1. The van der Waals surface area contributed by atoms with Crippen molar-refractivity contribution in [2.75, 3.05) is 20.3 Å². The predicted molar refractivity (Wildman–Crippen MR) is 87.4 cm³/mol. The molecule has 2 heterocycles. The van der Waals surface area contributed by atoms with Gasteiger partial charge in [0.1, 0.15) is 11.4 Å². The summed E-state index contributed by atoms with van der Waals surface area (Å²) in [6.07, 6.45) is 3.85. The molecule has 1 aromatic carbocycles. The lowest BCUT2D eigenvalue weighted by atomic mass is 10.1. The Kier molecular flexibility index (Phi) is 4.40. The van der Waals surface area contributed by atoms with E-state index in [1.807, 2.05) is 24.3 Å². The molecule has 2 aliphatic heterocycles. The highest BCUT2D eigenvalue weighted by molar-refractivity contribution is 7.80. The van der Waals surface area contributed by atoms with Gasteiger partial charge >= 0.3 is 0 Å². The van der Waals surface area contributed by atoms with Crippen LogP contribution in [0.1, 0.15) is 18.4 Å². The summed E-state index contributed by atoms with van der Waals surface area (Å²) in [5, 5.41) is 3.42. The number of carbonyl (C=O) groups is 1. The van der Waals surface area contributed by atoms with Gasteiger partial charge in [-0.2, -0.15) is 0 Å². The number of methoxy groups -OCH3 is 1. The van der Waals surface area contributed by atoms with Crippen LogP contribution in [0.3, 0.4) is 0 Å². The maximum atomic E-state index is 12.5. The molecule has 22 heavy (non-hydrogen) atoms. The molecule has 2 aliphatic rings. The molecule has 0 aromatic heterocycles. The molecular weight excluding hydrogens is 300 g/mol. The van der Waals surface area contributed by atoms with E-state index in [4.69, 9.17) is 21.7 Å². The summed E-state index contributed by atoms with van der Waals surface area (Å²) in [5.74, 6) is 0.597. The lowest BCUT2D eigenvalue weighted by molar-refractivity contribution is -0.123. The Morgan fingerprint density at radius 2 is 2.32 bits per heavy atom. The first-order chi connectivity index (χ1) is 10.7. The zero-order chi connectivity index (χ0) is 15.5. The smallest absolute Gasteiger partial charge is 0.276 e. The highest BCUT2D eigenvalue weighted by Gasteiger charge is 2.33. The highest BCUT2D eigenvalue weighted by Crippen LogP contribution is 2.23. The fraction of sp³-hybridized carbons (Fsp3) is 0.375. The average molecular weight is 318 g/mol. The van der Waals surface area contributed by atoms with Gasteiger partial charge in [-0.1, -0.05) is 18.2 Å². The van der Waals surface area contributed by atoms with Gasteiger partial charge in [0.2, 0.25) is 0 Å². The van der Waals surface area contributed by atoms with Crippen molar-refractivity contribution in [3.63, 3.8) is 0 Å². The van der Waals surface area contributed by atoms with Crippen LogP contribution in [0.25, 0.3) is 6.08 Å². The van der Waals surface area contributed by atoms with Crippen molar-refractivity contribution in [3.8, 4) is 5.75 Å². The largest absolute Gasteiger partial charge is 0.496 e. The molecule has 0 unspecified atom stereocenters. The lowest BCUT2D eigenvalue weighted by Gasteiger charge is -2.18. The molecule has 1 aromatic rings. The molecule has 0 radical (unpaired) electrons. The number of nitrogens with one attached hydrogen (secondary N) is 1. The molecule has 1 amide bonds. The Hall–Kier alpha value is -1.92. The Bertz CT molecular complexity index is 624. The second-order valence-corrected chi connectivity index (χ2v) is 5.67. The molecule has 0 saturated carbocycles. The molecule has 1 N–H and O–H groups in total. The fourth-order valence-electron chi connectivity index (χ4n) is 2.67. The third kappa shape index (κ3) is 2.98. The van der Waals surface area contributed by atoms with Gasteiger partial charge in [0.05, 0.1) is 19.8 Å². The summed E-state index contributed by atoms with van der Waals surface area (Å²) < 4.78 is 10.9. The van der Waals surface area contributed by atoms with Gasteiger partial charge in [0, 0.05) is 12.2 Å². The average Bonchev–Trinajstić information content (AvgIpc) is 3.12. The third-order valence-corrected chi connectivity index (χ3v) is 4.13. The van der Waals surface area contributed by atoms with Crippen LogP contribution >= 0.6 is 12.2 Å². The quantitative estimate of drug-likeness (QED) is 0.679. The molecule has 0 aliphatic carbocycles. The van der Waals surface area contributed by atoms with Crippen LogP contribution < -0.4 is 10.1 Å². The lowest BCUT2D eigenvalue weighted by Crippen LogP contribution is -2.37. The summed E-state index contributed by atoms with van der Waals surface area (Å²) >= 11 is 5.27. The summed E-state index contributed by atoms with van der Waals surface area (Å²) in [6, 6.07) is 7.54. The maximum absolute atomic E-state index is 12.5. The molecule has 3 rings (SSSR count). The second-order valence-electron chi connectivity index (χ2n) is 5.28. The number of ether oxygens (including phenoxy) is 2. The van der Waals surface area contributed by atoms with Crippen LogP contribution in [0.2, 0.25) is 0 Å². The summed E-state index contributed by atoms with van der Waals surface area (Å²) in [7, 11) is 1.61. The van der Waals surface area contributed by atoms with Gasteiger partial charge < -0.3 is 14.8 Å². The Labute approximate surface area is 134 Å². The number of nitrogens with zero attached hydrogens (tertiary/aromatic N) is 1. The van der Waals surface area contributed by atoms with E-state index in [1.165, 1.54) is 0 Å². The zero-order valence-electron chi connectivity index (χ0n) is 12.4. The first-order valence-corrected chi connectivity index (χ1v) is 7.69. The summed E-state index contributed by atoms with van der Waals surface area (Å²) in [5.41, 5.74) is 1.30. The number of para-hydroxylation sites is 1. The van der Waals surface area contributed by atoms with Gasteiger partial charge in [-0.05, 0) is 37.2 Å². The molecule has 0 spiro atoms. The monoisotopic (exact) mass is 318 g/mol. The van der Waals surface area contributed by atoms with Crippen LogP contribution in [0.5, 0.6) is 5.75 Å². The van der Waals surface area contributed by atoms with Crippen LogP contribution in [-0.2, 0) is 9.53 Å². The van der Waals surface area contributed by atoms with Crippen molar-refractivity contribution in [2.45, 2.75) is 18.9 Å². The van der Waals surface area contributed by atoms with E-state index in [0.29, 0.717) is 23.1 Å². The van der Waals surface area contributed by atoms with Crippen LogP contribution in [0.15, 0.2) is 30.0 Å². The van der Waals surface area contributed by atoms with Gasteiger partial charge in [0.15, 0.2) is 5.11 Å².